The molecule has 3 nitrogen and oxygen atoms in total. The van der Waals surface area contributed by atoms with Gasteiger partial charge < -0.3 is 9.05 Å². The summed E-state index contributed by atoms with van der Waals surface area (Å²) in [5, 5.41) is 0. The Balaban J connectivity index is 2.92. The molecule has 106 valence electrons. The van der Waals surface area contributed by atoms with Gasteiger partial charge in [0.05, 0.1) is 18.9 Å². The Hall–Kier alpha value is -0.110. The van der Waals surface area contributed by atoms with Gasteiger partial charge in [-0.2, -0.15) is 0 Å². The van der Waals surface area contributed by atoms with Crippen molar-refractivity contribution in [1.29, 1.82) is 0 Å². The van der Waals surface area contributed by atoms with E-state index in [1.54, 1.807) is 0 Å². The fourth-order valence-electron chi connectivity index (χ4n) is 2.54. The maximum Gasteiger partial charge on any atom is 0.337 e. The minimum Gasteiger partial charge on any atom is -0.308 e. The SMILES string of the molecule is CCOP(=O)(OCC)[C@@H]1C[C@H](C(C)C)CC=C1C. The molecule has 0 saturated heterocycles. The van der Waals surface area contributed by atoms with Crippen LogP contribution in [0, 0.1) is 11.8 Å². The Kier molecular flexibility index (Phi) is 6.10. The number of hydrogen-bond acceptors (Lipinski definition) is 3. The summed E-state index contributed by atoms with van der Waals surface area (Å²) >= 11 is 0. The van der Waals surface area contributed by atoms with E-state index < -0.39 is 7.60 Å². The molecule has 0 aromatic rings. The van der Waals surface area contributed by atoms with Crippen LogP contribution in [0.1, 0.15) is 47.5 Å². The Morgan fingerprint density at radius 3 is 2.33 bits per heavy atom. The third-order valence-corrected chi connectivity index (χ3v) is 6.35. The zero-order chi connectivity index (χ0) is 13.8. The first-order valence-electron chi connectivity index (χ1n) is 7.00. The molecule has 18 heavy (non-hydrogen) atoms. The van der Waals surface area contributed by atoms with Crippen molar-refractivity contribution in [3.05, 3.63) is 11.6 Å². The molecule has 0 unspecified atom stereocenters. The van der Waals surface area contributed by atoms with E-state index in [2.05, 4.69) is 19.9 Å². The average Bonchev–Trinajstić information content (AvgIpc) is 2.29. The second-order valence-electron chi connectivity index (χ2n) is 5.31. The van der Waals surface area contributed by atoms with Crippen molar-refractivity contribution in [1.82, 2.24) is 0 Å². The molecule has 0 heterocycles. The van der Waals surface area contributed by atoms with Crippen LogP contribution in [-0.2, 0) is 13.6 Å². The molecule has 0 aliphatic heterocycles. The smallest absolute Gasteiger partial charge is 0.308 e. The van der Waals surface area contributed by atoms with Gasteiger partial charge in [0.25, 0.3) is 0 Å². The summed E-state index contributed by atoms with van der Waals surface area (Å²) in [5.74, 6) is 1.18. The summed E-state index contributed by atoms with van der Waals surface area (Å²) in [4.78, 5) is 0. The van der Waals surface area contributed by atoms with Crippen molar-refractivity contribution in [2.24, 2.45) is 11.8 Å². The van der Waals surface area contributed by atoms with Crippen LogP contribution in [0.15, 0.2) is 11.6 Å². The van der Waals surface area contributed by atoms with Gasteiger partial charge in [-0.1, -0.05) is 25.5 Å². The van der Waals surface area contributed by atoms with Gasteiger partial charge >= 0.3 is 7.60 Å². The normalized spacial score (nSPS) is 25.3. The van der Waals surface area contributed by atoms with Crippen molar-refractivity contribution in [3.8, 4) is 0 Å². The number of allylic oxidation sites excluding steroid dienone is 2. The summed E-state index contributed by atoms with van der Waals surface area (Å²) in [6.07, 6.45) is 4.21. The van der Waals surface area contributed by atoms with E-state index in [9.17, 15) is 4.57 Å². The minimum atomic E-state index is -3.00. The van der Waals surface area contributed by atoms with Crippen molar-refractivity contribution in [3.63, 3.8) is 0 Å². The van der Waals surface area contributed by atoms with Crippen LogP contribution in [-0.4, -0.2) is 18.9 Å². The van der Waals surface area contributed by atoms with Gasteiger partial charge in [0.15, 0.2) is 0 Å². The Bertz CT molecular complexity index is 326. The van der Waals surface area contributed by atoms with Crippen molar-refractivity contribution >= 4 is 7.60 Å². The van der Waals surface area contributed by atoms with E-state index in [0.29, 0.717) is 25.0 Å². The second-order valence-corrected chi connectivity index (χ2v) is 7.53. The van der Waals surface area contributed by atoms with E-state index in [4.69, 9.17) is 9.05 Å². The molecule has 0 saturated carbocycles. The van der Waals surface area contributed by atoms with Gasteiger partial charge in [-0.05, 0) is 45.4 Å². The van der Waals surface area contributed by atoms with Crippen LogP contribution in [0.5, 0.6) is 0 Å². The van der Waals surface area contributed by atoms with Crippen molar-refractivity contribution in [2.45, 2.75) is 53.1 Å². The molecule has 0 aromatic heterocycles. The predicted octanol–water partition coefficient (Wildman–Crippen LogP) is 4.63. The highest BCUT2D eigenvalue weighted by Crippen LogP contribution is 2.59. The highest BCUT2D eigenvalue weighted by atomic mass is 31.2. The van der Waals surface area contributed by atoms with Crippen LogP contribution >= 0.6 is 7.60 Å². The van der Waals surface area contributed by atoms with E-state index in [1.165, 1.54) is 0 Å². The summed E-state index contributed by atoms with van der Waals surface area (Å²) in [5.41, 5.74) is 1.11. The molecule has 1 aliphatic rings. The molecule has 0 amide bonds. The standard InChI is InChI=1S/C14H27O3P/c1-6-16-18(15,17-7-2)14-10-13(11(3)4)9-8-12(14)5/h8,11,13-14H,6-7,9-10H2,1-5H3/t13-,14-/m1/s1. The molecule has 1 rings (SSSR count). The largest absolute Gasteiger partial charge is 0.337 e. The minimum absolute atomic E-state index is 0.0569. The van der Waals surface area contributed by atoms with Crippen molar-refractivity contribution < 1.29 is 13.6 Å². The zero-order valence-electron chi connectivity index (χ0n) is 12.3. The van der Waals surface area contributed by atoms with Gasteiger partial charge in [0.2, 0.25) is 0 Å². The molecular weight excluding hydrogens is 247 g/mol. The third-order valence-electron chi connectivity index (χ3n) is 3.74. The van der Waals surface area contributed by atoms with Crippen LogP contribution < -0.4 is 0 Å². The summed E-state index contributed by atoms with van der Waals surface area (Å²) in [6.45, 7) is 11.1. The summed E-state index contributed by atoms with van der Waals surface area (Å²) in [7, 11) is -3.00. The number of rotatable bonds is 6. The van der Waals surface area contributed by atoms with Crippen LogP contribution in [0.25, 0.3) is 0 Å². The molecule has 1 aliphatic carbocycles. The van der Waals surface area contributed by atoms with Gasteiger partial charge in [0, 0.05) is 0 Å². The molecular formula is C14H27O3P. The molecule has 0 radical (unpaired) electrons. The first kappa shape index (κ1) is 15.9. The lowest BCUT2D eigenvalue weighted by Gasteiger charge is -2.34. The maximum absolute atomic E-state index is 12.9. The predicted molar refractivity (Wildman–Crippen MR) is 76.0 cm³/mol. The topological polar surface area (TPSA) is 35.5 Å². The van der Waals surface area contributed by atoms with E-state index in [-0.39, 0.29) is 5.66 Å². The Morgan fingerprint density at radius 1 is 1.33 bits per heavy atom. The molecule has 0 fully saturated rings. The average molecular weight is 274 g/mol. The quantitative estimate of drug-likeness (QED) is 0.523. The van der Waals surface area contributed by atoms with Gasteiger partial charge in [0.1, 0.15) is 0 Å². The van der Waals surface area contributed by atoms with Crippen LogP contribution in [0.4, 0.5) is 0 Å². The van der Waals surface area contributed by atoms with E-state index >= 15 is 0 Å². The molecule has 0 bridgehead atoms. The Morgan fingerprint density at radius 2 is 1.89 bits per heavy atom. The lowest BCUT2D eigenvalue weighted by molar-refractivity contribution is 0.206. The highest BCUT2D eigenvalue weighted by molar-refractivity contribution is 7.55. The fourth-order valence-corrected chi connectivity index (χ4v) is 4.83. The maximum atomic E-state index is 12.9. The molecule has 2 atom stereocenters. The Labute approximate surface area is 111 Å². The molecule has 0 N–H and O–H groups in total. The first-order chi connectivity index (χ1) is 8.44. The van der Waals surface area contributed by atoms with E-state index in [0.717, 1.165) is 18.4 Å². The van der Waals surface area contributed by atoms with E-state index in [1.807, 2.05) is 20.8 Å². The second kappa shape index (κ2) is 6.88. The van der Waals surface area contributed by atoms with Crippen LogP contribution in [0.3, 0.4) is 0 Å². The first-order valence-corrected chi connectivity index (χ1v) is 8.61. The lowest BCUT2D eigenvalue weighted by atomic mass is 9.82. The molecule has 4 heteroatoms. The monoisotopic (exact) mass is 274 g/mol. The highest BCUT2D eigenvalue weighted by Gasteiger charge is 2.40. The fraction of sp³-hybridized carbons (Fsp3) is 0.857. The van der Waals surface area contributed by atoms with Gasteiger partial charge in [-0.15, -0.1) is 0 Å². The van der Waals surface area contributed by atoms with Crippen LogP contribution in [0.2, 0.25) is 0 Å². The number of hydrogen-bond donors (Lipinski definition) is 0. The third kappa shape index (κ3) is 3.69. The lowest BCUT2D eigenvalue weighted by Crippen LogP contribution is -2.25. The van der Waals surface area contributed by atoms with Gasteiger partial charge in [-0.3, -0.25) is 4.57 Å². The molecule has 0 spiro atoms. The molecule has 0 aromatic carbocycles. The van der Waals surface area contributed by atoms with Gasteiger partial charge in [-0.25, -0.2) is 0 Å². The summed E-state index contributed by atoms with van der Waals surface area (Å²) < 4.78 is 23.9. The van der Waals surface area contributed by atoms with Crippen molar-refractivity contribution in [2.75, 3.05) is 13.2 Å². The zero-order valence-corrected chi connectivity index (χ0v) is 13.2. The summed E-state index contributed by atoms with van der Waals surface area (Å²) in [6, 6.07) is 0.